The summed E-state index contributed by atoms with van der Waals surface area (Å²) in [4.78, 5) is 4.66. The Hall–Kier alpha value is -1.87. The maximum Gasteiger partial charge on any atom is 0.184 e. The molecule has 2 aromatic carbocycles. The highest BCUT2D eigenvalue weighted by Gasteiger charge is 2.05. The van der Waals surface area contributed by atoms with E-state index in [2.05, 4.69) is 66.6 Å². The number of hydrogen-bond donors (Lipinski definition) is 1. The van der Waals surface area contributed by atoms with Gasteiger partial charge in [0.25, 0.3) is 0 Å². The normalized spacial score (nSPS) is 10.8. The molecule has 1 heterocycles. The summed E-state index contributed by atoms with van der Waals surface area (Å²) in [6.07, 6.45) is 0. The van der Waals surface area contributed by atoms with Crippen LogP contribution in [0.2, 0.25) is 0 Å². The van der Waals surface area contributed by atoms with Crippen molar-refractivity contribution in [1.29, 1.82) is 0 Å². The summed E-state index contributed by atoms with van der Waals surface area (Å²) in [5.74, 6) is 0. The van der Waals surface area contributed by atoms with Gasteiger partial charge in [-0.05, 0) is 31.0 Å². The number of aryl methyl sites for hydroxylation is 2. The van der Waals surface area contributed by atoms with Crippen LogP contribution in [-0.4, -0.2) is 4.98 Å². The number of para-hydroxylation sites is 1. The summed E-state index contributed by atoms with van der Waals surface area (Å²) >= 11 is 1.71. The lowest BCUT2D eigenvalue weighted by atomic mass is 10.1. The molecule has 0 saturated heterocycles. The van der Waals surface area contributed by atoms with E-state index in [-0.39, 0.29) is 0 Å². The highest BCUT2D eigenvalue weighted by atomic mass is 32.1. The summed E-state index contributed by atoms with van der Waals surface area (Å²) in [5.41, 5.74) is 4.92. The number of rotatable bonds is 3. The van der Waals surface area contributed by atoms with Crippen molar-refractivity contribution in [2.45, 2.75) is 20.4 Å². The highest BCUT2D eigenvalue weighted by molar-refractivity contribution is 7.22. The van der Waals surface area contributed by atoms with Crippen molar-refractivity contribution in [3.05, 3.63) is 59.2 Å². The van der Waals surface area contributed by atoms with Gasteiger partial charge >= 0.3 is 0 Å². The zero-order valence-corrected chi connectivity index (χ0v) is 11.9. The highest BCUT2D eigenvalue weighted by Crippen LogP contribution is 2.28. The second-order valence-corrected chi connectivity index (χ2v) is 5.81. The van der Waals surface area contributed by atoms with Gasteiger partial charge in [0.2, 0.25) is 0 Å². The Kier molecular flexibility index (Phi) is 3.22. The maximum atomic E-state index is 4.66. The number of fused-ring (bicyclic) bond motifs is 1. The van der Waals surface area contributed by atoms with Gasteiger partial charge in [0.1, 0.15) is 0 Å². The molecule has 3 aromatic rings. The minimum absolute atomic E-state index is 0.820. The number of benzene rings is 2. The van der Waals surface area contributed by atoms with Crippen LogP contribution in [0.1, 0.15) is 16.7 Å². The lowest BCUT2D eigenvalue weighted by Crippen LogP contribution is -1.98. The Morgan fingerprint density at radius 1 is 1.11 bits per heavy atom. The fourth-order valence-electron chi connectivity index (χ4n) is 2.16. The fraction of sp³-hybridized carbons (Fsp3) is 0.188. The lowest BCUT2D eigenvalue weighted by Gasteiger charge is -2.03. The van der Waals surface area contributed by atoms with Crippen LogP contribution in [0.25, 0.3) is 10.2 Å². The van der Waals surface area contributed by atoms with E-state index in [0.29, 0.717) is 0 Å². The van der Waals surface area contributed by atoms with E-state index in [9.17, 15) is 0 Å². The molecule has 0 aliphatic carbocycles. The molecular formula is C16H16N2S. The largest absolute Gasteiger partial charge is 0.357 e. The molecular weight excluding hydrogens is 252 g/mol. The summed E-state index contributed by atoms with van der Waals surface area (Å²) in [6, 6.07) is 14.9. The van der Waals surface area contributed by atoms with Crippen LogP contribution >= 0.6 is 11.3 Å². The molecule has 0 aliphatic heterocycles. The van der Waals surface area contributed by atoms with Crippen molar-refractivity contribution in [1.82, 2.24) is 4.98 Å². The van der Waals surface area contributed by atoms with Crippen molar-refractivity contribution in [2.75, 3.05) is 5.32 Å². The molecule has 0 unspecified atom stereocenters. The Morgan fingerprint density at radius 2 is 1.95 bits per heavy atom. The predicted octanol–water partition coefficient (Wildman–Crippen LogP) is 4.53. The van der Waals surface area contributed by atoms with Crippen molar-refractivity contribution < 1.29 is 0 Å². The molecule has 2 nitrogen and oxygen atoms in total. The first-order valence-electron chi connectivity index (χ1n) is 6.38. The monoisotopic (exact) mass is 268 g/mol. The molecule has 3 heteroatoms. The minimum Gasteiger partial charge on any atom is -0.357 e. The van der Waals surface area contributed by atoms with Crippen LogP contribution < -0.4 is 5.32 Å². The molecule has 0 amide bonds. The Labute approximate surface area is 117 Å². The number of anilines is 1. The molecule has 0 atom stereocenters. The third-order valence-corrected chi connectivity index (χ3v) is 4.13. The molecule has 96 valence electrons. The van der Waals surface area contributed by atoms with Gasteiger partial charge in [-0.25, -0.2) is 4.98 Å². The van der Waals surface area contributed by atoms with E-state index >= 15 is 0 Å². The summed E-state index contributed by atoms with van der Waals surface area (Å²) in [7, 11) is 0. The van der Waals surface area contributed by atoms with Gasteiger partial charge in [0.05, 0.1) is 10.2 Å². The number of nitrogens with zero attached hydrogens (tertiary/aromatic N) is 1. The van der Waals surface area contributed by atoms with Crippen LogP contribution in [-0.2, 0) is 6.54 Å². The van der Waals surface area contributed by atoms with E-state index in [1.807, 2.05) is 0 Å². The van der Waals surface area contributed by atoms with Crippen molar-refractivity contribution in [3.8, 4) is 0 Å². The zero-order chi connectivity index (χ0) is 13.2. The molecule has 0 spiro atoms. The molecule has 19 heavy (non-hydrogen) atoms. The van der Waals surface area contributed by atoms with Crippen LogP contribution in [0.4, 0.5) is 5.13 Å². The van der Waals surface area contributed by atoms with Crippen LogP contribution in [0.15, 0.2) is 42.5 Å². The number of nitrogens with one attached hydrogen (secondary N) is 1. The van der Waals surface area contributed by atoms with Crippen LogP contribution in [0, 0.1) is 13.8 Å². The molecule has 0 saturated carbocycles. The van der Waals surface area contributed by atoms with Gasteiger partial charge in [-0.2, -0.15) is 0 Å². The van der Waals surface area contributed by atoms with Crippen LogP contribution in [0.5, 0.6) is 0 Å². The molecule has 0 bridgehead atoms. The quantitative estimate of drug-likeness (QED) is 0.755. The predicted molar refractivity (Wildman–Crippen MR) is 82.9 cm³/mol. The third-order valence-electron chi connectivity index (χ3n) is 3.15. The first-order chi connectivity index (χ1) is 9.22. The number of aromatic nitrogens is 1. The van der Waals surface area contributed by atoms with Gasteiger partial charge in [-0.3, -0.25) is 0 Å². The molecule has 3 rings (SSSR count). The van der Waals surface area contributed by atoms with Crippen molar-refractivity contribution >= 4 is 26.7 Å². The summed E-state index contributed by atoms with van der Waals surface area (Å²) < 4.78 is 1.24. The Morgan fingerprint density at radius 3 is 2.74 bits per heavy atom. The second-order valence-electron chi connectivity index (χ2n) is 4.78. The van der Waals surface area contributed by atoms with E-state index < -0.39 is 0 Å². The minimum atomic E-state index is 0.820. The van der Waals surface area contributed by atoms with E-state index in [4.69, 9.17) is 0 Å². The first kappa shape index (κ1) is 12.2. The van der Waals surface area contributed by atoms with Gasteiger partial charge in [0.15, 0.2) is 5.13 Å². The van der Waals surface area contributed by atoms with E-state index in [1.54, 1.807) is 11.3 Å². The topological polar surface area (TPSA) is 24.9 Å². The van der Waals surface area contributed by atoms with Gasteiger partial charge in [0, 0.05) is 6.54 Å². The van der Waals surface area contributed by atoms with Crippen LogP contribution in [0.3, 0.4) is 0 Å². The van der Waals surface area contributed by atoms with Crippen molar-refractivity contribution in [2.24, 2.45) is 0 Å². The maximum absolute atomic E-state index is 4.66. The Balaban J connectivity index is 1.80. The molecule has 1 N–H and O–H groups in total. The standard InChI is InChI=1S/C16H16N2S/c1-11-5-3-7-13(9-11)10-17-16-18-15-12(2)6-4-8-14(15)19-16/h3-9H,10H2,1-2H3,(H,17,18). The molecule has 0 fully saturated rings. The lowest BCUT2D eigenvalue weighted by molar-refractivity contribution is 1.13. The van der Waals surface area contributed by atoms with Crippen molar-refractivity contribution in [3.63, 3.8) is 0 Å². The van der Waals surface area contributed by atoms with Gasteiger partial charge in [-0.1, -0.05) is 53.3 Å². The fourth-order valence-corrected chi connectivity index (χ4v) is 3.10. The molecule has 1 aromatic heterocycles. The summed E-state index contributed by atoms with van der Waals surface area (Å²) in [6.45, 7) is 5.04. The first-order valence-corrected chi connectivity index (χ1v) is 7.19. The third kappa shape index (κ3) is 2.61. The van der Waals surface area contributed by atoms with Gasteiger partial charge in [-0.15, -0.1) is 0 Å². The average Bonchev–Trinajstić information content (AvgIpc) is 2.81. The van der Waals surface area contributed by atoms with E-state index in [0.717, 1.165) is 17.2 Å². The molecule has 0 aliphatic rings. The van der Waals surface area contributed by atoms with E-state index in [1.165, 1.54) is 21.4 Å². The Bertz CT molecular complexity index is 716. The number of thiazole rings is 1. The number of hydrogen-bond acceptors (Lipinski definition) is 3. The summed E-state index contributed by atoms with van der Waals surface area (Å²) in [5, 5.41) is 4.40. The molecule has 0 radical (unpaired) electrons. The average molecular weight is 268 g/mol. The SMILES string of the molecule is Cc1cccc(CNc2nc3c(C)cccc3s2)c1. The zero-order valence-electron chi connectivity index (χ0n) is 11.1. The van der Waals surface area contributed by atoms with Gasteiger partial charge < -0.3 is 5.32 Å². The second kappa shape index (κ2) is 5.02. The smallest absolute Gasteiger partial charge is 0.184 e.